The molecule has 0 bridgehead atoms. The zero-order chi connectivity index (χ0) is 18.4. The Morgan fingerprint density at radius 3 is 2.38 bits per heavy atom. The van der Waals surface area contributed by atoms with Crippen LogP contribution in [0.3, 0.4) is 0 Å². The molecule has 7 nitrogen and oxygen atoms in total. The Hall–Kier alpha value is -1.36. The fourth-order valence-corrected chi connectivity index (χ4v) is 4.89. The molecule has 1 aromatic rings. The number of hydrogen-bond donors (Lipinski definition) is 0. The van der Waals surface area contributed by atoms with Crippen LogP contribution in [0.2, 0.25) is 0 Å². The molecule has 0 saturated heterocycles. The summed E-state index contributed by atoms with van der Waals surface area (Å²) >= 11 is 3.19. The Bertz CT molecular complexity index is 718. The van der Waals surface area contributed by atoms with Crippen LogP contribution in [-0.4, -0.2) is 30.9 Å². The molecule has 1 aromatic heterocycles. The number of hydrogen-bond acceptors (Lipinski definition) is 7. The van der Waals surface area contributed by atoms with Gasteiger partial charge in [-0.3, -0.25) is 0 Å². The van der Waals surface area contributed by atoms with Crippen molar-refractivity contribution < 1.29 is 28.6 Å². The first-order chi connectivity index (χ1) is 10.9. The molecule has 0 fully saturated rings. The minimum absolute atomic E-state index is 0.160. The van der Waals surface area contributed by atoms with Crippen molar-refractivity contribution in [1.82, 2.24) is 0 Å². The lowest BCUT2D eigenvalue weighted by atomic mass is 9.97. The number of imide groups is 1. The Morgan fingerprint density at radius 2 is 1.88 bits per heavy atom. The molecule has 2 heterocycles. The number of carbonyl (C=O) groups is 3. The third-order valence-electron chi connectivity index (χ3n) is 3.14. The summed E-state index contributed by atoms with van der Waals surface area (Å²) in [5.41, 5.74) is -1.03. The predicted octanol–water partition coefficient (Wildman–Crippen LogP) is 4.27. The molecule has 24 heavy (non-hydrogen) atoms. The highest BCUT2D eigenvalue weighted by atomic mass is 127. The van der Waals surface area contributed by atoms with Gasteiger partial charge in [-0.15, -0.1) is 11.3 Å². The summed E-state index contributed by atoms with van der Waals surface area (Å²) in [4.78, 5) is 38.0. The highest BCUT2D eigenvalue weighted by molar-refractivity contribution is 14.1. The first-order valence-electron chi connectivity index (χ1n) is 7.06. The number of methoxy groups -OCH3 is 1. The molecule has 1 aliphatic rings. The van der Waals surface area contributed by atoms with Gasteiger partial charge in [0.25, 0.3) is 0 Å². The first kappa shape index (κ1) is 19.0. The Kier molecular flexibility index (Phi) is 4.88. The molecule has 0 spiro atoms. The quantitative estimate of drug-likeness (QED) is 0.349. The van der Waals surface area contributed by atoms with E-state index >= 15 is 0 Å². The van der Waals surface area contributed by atoms with Crippen LogP contribution in [0, 0.1) is 2.88 Å². The lowest BCUT2D eigenvalue weighted by molar-refractivity contribution is 0.0263. The van der Waals surface area contributed by atoms with E-state index in [-0.39, 0.29) is 10.6 Å². The lowest BCUT2D eigenvalue weighted by Crippen LogP contribution is -2.48. The van der Waals surface area contributed by atoms with Gasteiger partial charge < -0.3 is 14.2 Å². The van der Waals surface area contributed by atoms with Gasteiger partial charge in [-0.05, 0) is 57.2 Å². The fourth-order valence-electron chi connectivity index (χ4n) is 2.24. The molecule has 0 radical (unpaired) electrons. The summed E-state index contributed by atoms with van der Waals surface area (Å²) < 4.78 is 16.2. The van der Waals surface area contributed by atoms with Gasteiger partial charge in [0.05, 0.1) is 15.7 Å². The number of ether oxygens (including phenoxy) is 3. The van der Waals surface area contributed by atoms with Gasteiger partial charge in [0.15, 0.2) is 0 Å². The van der Waals surface area contributed by atoms with Gasteiger partial charge in [-0.1, -0.05) is 0 Å². The van der Waals surface area contributed by atoms with E-state index in [0.29, 0.717) is 5.56 Å². The van der Waals surface area contributed by atoms with E-state index < -0.39 is 29.4 Å². The van der Waals surface area contributed by atoms with Crippen molar-refractivity contribution in [3.8, 4) is 0 Å². The largest absolute Gasteiger partial charge is 0.465 e. The fraction of sp³-hybridized carbons (Fsp3) is 0.533. The van der Waals surface area contributed by atoms with Crippen molar-refractivity contribution in [3.05, 3.63) is 13.3 Å². The van der Waals surface area contributed by atoms with Crippen LogP contribution < -0.4 is 4.90 Å². The standard InChI is InChI=1S/C15H18INO6S/c1-14(2,3)22-12(19)17-8-7(15(4,5)23-13(17)20)10(16)24-9(8)11(18)21-6/h1-6H3. The maximum Gasteiger partial charge on any atom is 0.424 e. The molecule has 0 N–H and O–H groups in total. The number of fused-ring (bicyclic) bond motifs is 1. The number of thiophene rings is 1. The Labute approximate surface area is 157 Å². The molecule has 0 aromatic carbocycles. The molecule has 0 aliphatic carbocycles. The summed E-state index contributed by atoms with van der Waals surface area (Å²) in [6, 6.07) is 0. The number of cyclic esters (lactones) is 1. The molecule has 2 rings (SSSR count). The number of amides is 2. The normalized spacial score (nSPS) is 16.3. The zero-order valence-electron chi connectivity index (χ0n) is 14.2. The SMILES string of the molecule is COC(=O)c1sc(I)c2c1N(C(=O)OC(C)(C)C)C(=O)OC2(C)C. The van der Waals surface area contributed by atoms with Crippen LogP contribution in [0.4, 0.5) is 15.3 Å². The second-order valence-corrected chi connectivity index (χ2v) is 9.45. The minimum Gasteiger partial charge on any atom is -0.465 e. The van der Waals surface area contributed by atoms with Gasteiger partial charge in [0.1, 0.15) is 16.1 Å². The van der Waals surface area contributed by atoms with Gasteiger partial charge in [-0.25, -0.2) is 14.4 Å². The lowest BCUT2D eigenvalue weighted by Gasteiger charge is -2.36. The van der Waals surface area contributed by atoms with Crippen LogP contribution in [0.5, 0.6) is 0 Å². The highest BCUT2D eigenvalue weighted by Gasteiger charge is 2.48. The second-order valence-electron chi connectivity index (χ2n) is 6.61. The summed E-state index contributed by atoms with van der Waals surface area (Å²) in [5, 5.41) is 0. The van der Waals surface area contributed by atoms with Gasteiger partial charge >= 0.3 is 18.2 Å². The molecule has 0 unspecified atom stereocenters. The summed E-state index contributed by atoms with van der Waals surface area (Å²) in [6.07, 6.45) is -1.79. The van der Waals surface area contributed by atoms with Crippen molar-refractivity contribution in [1.29, 1.82) is 0 Å². The van der Waals surface area contributed by atoms with Crippen molar-refractivity contribution >= 4 is 57.8 Å². The van der Waals surface area contributed by atoms with Crippen LogP contribution in [0.25, 0.3) is 0 Å². The molecular formula is C15H18INO6S. The van der Waals surface area contributed by atoms with Gasteiger partial charge in [-0.2, -0.15) is 4.90 Å². The second kappa shape index (κ2) is 6.17. The Balaban J connectivity index is 2.66. The predicted molar refractivity (Wildman–Crippen MR) is 96.6 cm³/mol. The van der Waals surface area contributed by atoms with Crippen LogP contribution >= 0.6 is 33.9 Å². The van der Waals surface area contributed by atoms with E-state index in [1.807, 2.05) is 22.6 Å². The number of anilines is 1. The van der Waals surface area contributed by atoms with E-state index in [4.69, 9.17) is 14.2 Å². The Morgan fingerprint density at radius 1 is 1.29 bits per heavy atom. The third-order valence-corrected chi connectivity index (χ3v) is 5.29. The summed E-state index contributed by atoms with van der Waals surface area (Å²) in [5.74, 6) is -0.627. The first-order valence-corrected chi connectivity index (χ1v) is 8.95. The van der Waals surface area contributed by atoms with Crippen LogP contribution in [-0.2, 0) is 19.8 Å². The minimum atomic E-state index is -0.982. The van der Waals surface area contributed by atoms with E-state index in [2.05, 4.69) is 0 Å². The summed E-state index contributed by atoms with van der Waals surface area (Å²) in [7, 11) is 1.24. The maximum atomic E-state index is 12.5. The molecule has 9 heteroatoms. The molecule has 0 atom stereocenters. The van der Waals surface area contributed by atoms with E-state index in [0.717, 1.165) is 19.1 Å². The van der Waals surface area contributed by atoms with Crippen molar-refractivity contribution in [2.75, 3.05) is 12.0 Å². The van der Waals surface area contributed by atoms with Crippen molar-refractivity contribution in [2.45, 2.75) is 45.8 Å². The van der Waals surface area contributed by atoms with Gasteiger partial charge in [0.2, 0.25) is 0 Å². The van der Waals surface area contributed by atoms with Crippen LogP contribution in [0.15, 0.2) is 0 Å². The average Bonchev–Trinajstić information content (AvgIpc) is 2.73. The van der Waals surface area contributed by atoms with Crippen molar-refractivity contribution in [3.63, 3.8) is 0 Å². The highest BCUT2D eigenvalue weighted by Crippen LogP contribution is 2.48. The molecule has 0 saturated carbocycles. The molecular weight excluding hydrogens is 449 g/mol. The smallest absolute Gasteiger partial charge is 0.424 e. The third kappa shape index (κ3) is 3.37. The zero-order valence-corrected chi connectivity index (χ0v) is 17.2. The number of nitrogens with zero attached hydrogens (tertiary/aromatic N) is 1. The van der Waals surface area contributed by atoms with Gasteiger partial charge in [0, 0.05) is 5.56 Å². The van der Waals surface area contributed by atoms with E-state index in [1.54, 1.807) is 34.6 Å². The van der Waals surface area contributed by atoms with Crippen molar-refractivity contribution in [2.24, 2.45) is 0 Å². The van der Waals surface area contributed by atoms with E-state index in [1.165, 1.54) is 7.11 Å². The average molecular weight is 467 g/mol. The number of rotatable bonds is 1. The molecule has 1 aliphatic heterocycles. The van der Waals surface area contributed by atoms with E-state index in [9.17, 15) is 14.4 Å². The number of carbonyl (C=O) groups excluding carboxylic acids is 3. The number of halogens is 1. The summed E-state index contributed by atoms with van der Waals surface area (Å²) in [6.45, 7) is 8.45. The monoisotopic (exact) mass is 467 g/mol. The number of esters is 1. The maximum absolute atomic E-state index is 12.5. The topological polar surface area (TPSA) is 82.1 Å². The van der Waals surface area contributed by atoms with Crippen LogP contribution in [0.1, 0.15) is 49.9 Å². The molecule has 2 amide bonds. The molecule has 132 valence electrons.